The minimum atomic E-state index is -1.53. The number of fused-ring (bicyclic) bond motifs is 1. The molecule has 4 rings (SSSR count). The summed E-state index contributed by atoms with van der Waals surface area (Å²) in [4.78, 5) is 0. The predicted octanol–water partition coefficient (Wildman–Crippen LogP) is -1.68. The van der Waals surface area contributed by atoms with Gasteiger partial charge in [-0.15, -0.1) is 0 Å². The van der Waals surface area contributed by atoms with Gasteiger partial charge in [0.1, 0.15) is 40.9 Å². The average molecular weight is 439 g/mol. The van der Waals surface area contributed by atoms with Crippen molar-refractivity contribution in [3.63, 3.8) is 0 Å². The predicted molar refractivity (Wildman–Crippen MR) is 99.4 cm³/mol. The molecule has 3 aromatic rings. The van der Waals surface area contributed by atoms with Crippen molar-refractivity contribution in [2.45, 2.75) is 24.6 Å². The van der Waals surface area contributed by atoms with Gasteiger partial charge in [-0.25, -0.2) is 4.42 Å². The fourth-order valence-electron chi connectivity index (χ4n) is 3.09. The summed E-state index contributed by atoms with van der Waals surface area (Å²) in [5.74, 6) is -0.190. The van der Waals surface area contributed by atoms with Crippen molar-refractivity contribution < 1.29 is 56.9 Å². The van der Waals surface area contributed by atoms with Crippen molar-refractivity contribution in [2.75, 3.05) is 6.61 Å². The van der Waals surface area contributed by atoms with E-state index in [-0.39, 0.29) is 58.7 Å². The van der Waals surface area contributed by atoms with Gasteiger partial charge in [-0.1, -0.05) is 0 Å². The second-order valence-corrected chi connectivity index (χ2v) is 6.73. The van der Waals surface area contributed by atoms with Crippen LogP contribution in [0.25, 0.3) is 22.3 Å². The monoisotopic (exact) mass is 438 g/mol. The van der Waals surface area contributed by atoms with Crippen LogP contribution in [0.5, 0.6) is 23.0 Å². The molecule has 2 aromatic carbocycles. The van der Waals surface area contributed by atoms with Crippen LogP contribution in [0.2, 0.25) is 0 Å². The number of rotatable bonds is 3. The number of phenolic OH excluding ortho intramolecular Hbond substituents is 3. The first kappa shape index (κ1) is 21.9. The molecular formula is C20H19ClO9. The molecule has 6 N–H and O–H groups in total. The minimum absolute atomic E-state index is 0. The Labute approximate surface area is 176 Å². The molecule has 4 atom stereocenters. The van der Waals surface area contributed by atoms with Gasteiger partial charge in [-0.2, -0.15) is 0 Å². The van der Waals surface area contributed by atoms with Gasteiger partial charge in [0.15, 0.2) is 0 Å². The van der Waals surface area contributed by atoms with Crippen LogP contribution in [-0.2, 0) is 4.74 Å². The molecule has 1 aliphatic rings. The van der Waals surface area contributed by atoms with Crippen molar-refractivity contribution >= 4 is 11.0 Å². The highest BCUT2D eigenvalue weighted by atomic mass is 35.5. The number of hydrogen-bond acceptors (Lipinski definition) is 8. The Hall–Kier alpha value is -2.82. The molecule has 2 heterocycles. The van der Waals surface area contributed by atoms with Crippen molar-refractivity contribution in [3.8, 4) is 34.3 Å². The molecule has 30 heavy (non-hydrogen) atoms. The van der Waals surface area contributed by atoms with Gasteiger partial charge in [0, 0.05) is 12.1 Å². The quantitative estimate of drug-likeness (QED) is 0.263. The SMILES string of the molecule is Oc1ccc(-c2[o+]c3cc(O)cc(O)c3cc2O[C@@H]2OC[C@@H](O)[C@H](O)[C@H]2O)cc1.[Cl-]. The zero-order valence-electron chi connectivity index (χ0n) is 15.3. The molecule has 9 nitrogen and oxygen atoms in total. The lowest BCUT2D eigenvalue weighted by Gasteiger charge is -2.34. The van der Waals surface area contributed by atoms with Crippen molar-refractivity contribution in [1.29, 1.82) is 0 Å². The summed E-state index contributed by atoms with van der Waals surface area (Å²) < 4.78 is 16.8. The highest BCUT2D eigenvalue weighted by molar-refractivity contribution is 5.88. The summed E-state index contributed by atoms with van der Waals surface area (Å²) in [6.07, 6.45) is -5.56. The van der Waals surface area contributed by atoms with Gasteiger partial charge in [0.25, 0.3) is 0 Å². The number of aliphatic hydroxyl groups is 3. The maximum absolute atomic E-state index is 10.2. The number of hydrogen-bond donors (Lipinski definition) is 6. The maximum Gasteiger partial charge on any atom is 0.402 e. The Morgan fingerprint density at radius 3 is 2.30 bits per heavy atom. The molecule has 0 bridgehead atoms. The Bertz CT molecular complexity index is 1040. The maximum atomic E-state index is 10.2. The van der Waals surface area contributed by atoms with Crippen LogP contribution in [0.4, 0.5) is 0 Å². The third-order valence-corrected chi connectivity index (χ3v) is 4.64. The molecule has 0 aliphatic carbocycles. The highest BCUT2D eigenvalue weighted by Crippen LogP contribution is 2.40. The molecule has 1 aliphatic heterocycles. The number of phenols is 3. The molecule has 0 spiro atoms. The smallest absolute Gasteiger partial charge is 0.402 e. The standard InChI is InChI=1S/C20H18O9.ClH/c21-10-3-1-9(2-4-10)19-16(29-20-18(26)17(25)14(24)8-27-20)7-12-13(23)5-11(22)6-15(12)28-19;/h1-7,14,17-18,20,24-26H,8H2,(H2-,21,22,23);1H/t14-,17+,18-,20+;/m1./s1. The molecular weight excluding hydrogens is 420 g/mol. The topological polar surface area (TPSA) is 151 Å². The van der Waals surface area contributed by atoms with Crippen LogP contribution in [-0.4, -0.2) is 61.8 Å². The fraction of sp³-hybridized carbons (Fsp3) is 0.250. The van der Waals surface area contributed by atoms with Crippen molar-refractivity contribution in [2.24, 2.45) is 0 Å². The van der Waals surface area contributed by atoms with E-state index >= 15 is 0 Å². The first-order valence-corrected chi connectivity index (χ1v) is 8.78. The third kappa shape index (κ3) is 4.07. The van der Waals surface area contributed by atoms with Gasteiger partial charge in [-0.3, -0.25) is 0 Å². The number of benzene rings is 2. The lowest BCUT2D eigenvalue weighted by atomic mass is 10.1. The Morgan fingerprint density at radius 2 is 1.60 bits per heavy atom. The summed E-state index contributed by atoms with van der Waals surface area (Å²) in [7, 11) is 0. The van der Waals surface area contributed by atoms with E-state index in [9.17, 15) is 30.6 Å². The minimum Gasteiger partial charge on any atom is -1.00 e. The molecule has 1 saturated heterocycles. The molecule has 0 saturated carbocycles. The molecule has 0 unspecified atom stereocenters. The normalized spacial score (nSPS) is 23.7. The zero-order chi connectivity index (χ0) is 20.7. The Morgan fingerprint density at radius 1 is 0.900 bits per heavy atom. The Balaban J connectivity index is 0.00000256. The van der Waals surface area contributed by atoms with Crippen molar-refractivity contribution in [3.05, 3.63) is 42.5 Å². The average Bonchev–Trinajstić information content (AvgIpc) is 2.69. The van der Waals surface area contributed by atoms with E-state index < -0.39 is 24.6 Å². The highest BCUT2D eigenvalue weighted by Gasteiger charge is 2.40. The van der Waals surface area contributed by atoms with Crippen LogP contribution in [0.15, 0.2) is 46.9 Å². The largest absolute Gasteiger partial charge is 1.00 e. The molecule has 1 fully saturated rings. The first-order chi connectivity index (χ1) is 13.8. The molecule has 1 aromatic heterocycles. The second kappa shape index (κ2) is 8.50. The van der Waals surface area contributed by atoms with Gasteiger partial charge in [0.2, 0.25) is 12.0 Å². The Kier molecular flexibility index (Phi) is 6.20. The molecule has 0 amide bonds. The zero-order valence-corrected chi connectivity index (χ0v) is 16.1. The number of aromatic hydroxyl groups is 3. The summed E-state index contributed by atoms with van der Waals surface area (Å²) >= 11 is 0. The second-order valence-electron chi connectivity index (χ2n) is 6.73. The van der Waals surface area contributed by atoms with Gasteiger partial charge in [0.05, 0.1) is 18.2 Å². The van der Waals surface area contributed by atoms with E-state index in [0.717, 1.165) is 6.07 Å². The van der Waals surface area contributed by atoms with Gasteiger partial charge < -0.3 is 52.5 Å². The van der Waals surface area contributed by atoms with Gasteiger partial charge >= 0.3 is 11.3 Å². The number of ether oxygens (including phenoxy) is 2. The van der Waals surface area contributed by atoms with Crippen LogP contribution >= 0.6 is 0 Å². The fourth-order valence-corrected chi connectivity index (χ4v) is 3.09. The molecule has 10 heteroatoms. The van der Waals surface area contributed by atoms with E-state index in [1.54, 1.807) is 12.1 Å². The van der Waals surface area contributed by atoms with E-state index in [4.69, 9.17) is 13.9 Å². The van der Waals surface area contributed by atoms with E-state index in [0.29, 0.717) is 5.56 Å². The van der Waals surface area contributed by atoms with Crippen LogP contribution < -0.4 is 17.1 Å². The summed E-state index contributed by atoms with van der Waals surface area (Å²) in [5, 5.41) is 59.3. The number of halogens is 1. The van der Waals surface area contributed by atoms with Gasteiger partial charge in [-0.05, 0) is 24.3 Å². The van der Waals surface area contributed by atoms with Crippen molar-refractivity contribution in [1.82, 2.24) is 0 Å². The van der Waals surface area contributed by atoms with Crippen LogP contribution in [0.1, 0.15) is 0 Å². The molecule has 160 valence electrons. The first-order valence-electron chi connectivity index (χ1n) is 8.78. The van der Waals surface area contributed by atoms with Crippen LogP contribution in [0, 0.1) is 0 Å². The lowest BCUT2D eigenvalue weighted by molar-refractivity contribution is -0.242. The van der Waals surface area contributed by atoms with E-state index in [2.05, 4.69) is 0 Å². The van der Waals surface area contributed by atoms with E-state index in [1.807, 2.05) is 0 Å². The van der Waals surface area contributed by atoms with E-state index in [1.165, 1.54) is 24.3 Å². The summed E-state index contributed by atoms with van der Waals surface area (Å²) in [6, 6.07) is 9.88. The number of aliphatic hydroxyl groups excluding tert-OH is 3. The van der Waals surface area contributed by atoms with Crippen LogP contribution in [0.3, 0.4) is 0 Å². The summed E-state index contributed by atoms with van der Waals surface area (Å²) in [5.41, 5.74) is 0.659. The lowest BCUT2D eigenvalue weighted by Crippen LogP contribution is -3.00. The molecule has 0 radical (unpaired) electrons. The third-order valence-electron chi connectivity index (χ3n) is 4.64. The summed E-state index contributed by atoms with van der Waals surface area (Å²) in [6.45, 7) is -0.249.